The number of anilines is 1. The molecule has 1 fully saturated rings. The molecule has 110 valence electrons. The molecule has 0 aromatic carbocycles. The summed E-state index contributed by atoms with van der Waals surface area (Å²) in [4.78, 5) is 4.39. The third-order valence-corrected chi connectivity index (χ3v) is 3.99. The van der Waals surface area contributed by atoms with E-state index >= 15 is 0 Å². The van der Waals surface area contributed by atoms with Gasteiger partial charge in [0.2, 0.25) is 0 Å². The highest BCUT2D eigenvalue weighted by atomic mass is 16.7. The summed E-state index contributed by atoms with van der Waals surface area (Å²) in [7, 11) is 1.58. The van der Waals surface area contributed by atoms with E-state index in [0.29, 0.717) is 0 Å². The van der Waals surface area contributed by atoms with Gasteiger partial charge in [-0.3, -0.25) is 0 Å². The molecule has 6 heteroatoms. The molecule has 0 bridgehead atoms. The average molecular weight is 277 g/mol. The average Bonchev–Trinajstić information content (AvgIpc) is 2.60. The zero-order chi connectivity index (χ0) is 14.8. The number of hydrogen-bond acceptors (Lipinski definition) is 5. The largest absolute Gasteiger partial charge is 0.496 e. The second kappa shape index (κ2) is 5.72. The molecule has 0 atom stereocenters. The van der Waals surface area contributed by atoms with Crippen LogP contribution < -0.4 is 16.1 Å². The van der Waals surface area contributed by atoms with Crippen LogP contribution in [0.15, 0.2) is 18.3 Å². The molecule has 0 unspecified atom stereocenters. The van der Waals surface area contributed by atoms with Gasteiger partial charge in [-0.1, -0.05) is 6.07 Å². The van der Waals surface area contributed by atoms with Crippen LogP contribution in [0, 0.1) is 0 Å². The van der Waals surface area contributed by atoms with E-state index in [1.807, 2.05) is 53.1 Å². The Kier molecular flexibility index (Phi) is 4.37. The zero-order valence-corrected chi connectivity index (χ0v) is 13.0. The van der Waals surface area contributed by atoms with Crippen LogP contribution in [0.1, 0.15) is 27.7 Å². The minimum Gasteiger partial charge on any atom is -0.399 e. The van der Waals surface area contributed by atoms with E-state index in [2.05, 4.69) is 15.6 Å². The Balaban J connectivity index is 2.01. The molecule has 1 aromatic heterocycles. The Labute approximate surface area is 121 Å². The smallest absolute Gasteiger partial charge is 0.399 e. The fourth-order valence-electron chi connectivity index (χ4n) is 1.94. The zero-order valence-electron chi connectivity index (χ0n) is 13.0. The predicted octanol–water partition coefficient (Wildman–Crippen LogP) is 1.01. The Morgan fingerprint density at radius 2 is 1.75 bits per heavy atom. The Bertz CT molecular complexity index is 432. The van der Waals surface area contributed by atoms with Gasteiger partial charge in [-0.15, -0.1) is 0 Å². The highest BCUT2D eigenvalue weighted by Crippen LogP contribution is 2.36. The first-order chi connectivity index (χ1) is 9.36. The van der Waals surface area contributed by atoms with Crippen molar-refractivity contribution >= 4 is 18.4 Å². The summed E-state index contributed by atoms with van der Waals surface area (Å²) in [6.07, 6.45) is 1.81. The van der Waals surface area contributed by atoms with Gasteiger partial charge in [0.1, 0.15) is 5.82 Å². The summed E-state index contributed by atoms with van der Waals surface area (Å²) < 4.78 is 12.0. The molecule has 1 aliphatic rings. The number of aromatic nitrogens is 1. The minimum absolute atomic E-state index is 0.318. The van der Waals surface area contributed by atoms with E-state index in [0.717, 1.165) is 24.4 Å². The van der Waals surface area contributed by atoms with E-state index in [4.69, 9.17) is 9.31 Å². The quantitative estimate of drug-likeness (QED) is 0.621. The fourth-order valence-corrected chi connectivity index (χ4v) is 1.94. The van der Waals surface area contributed by atoms with Crippen molar-refractivity contribution in [3.63, 3.8) is 0 Å². The van der Waals surface area contributed by atoms with Crippen LogP contribution in [0.4, 0.5) is 5.82 Å². The number of pyridine rings is 1. The summed E-state index contributed by atoms with van der Waals surface area (Å²) in [6, 6.07) is 3.95. The number of hydrogen-bond donors (Lipinski definition) is 2. The molecular weight excluding hydrogens is 253 g/mol. The van der Waals surface area contributed by atoms with Crippen molar-refractivity contribution < 1.29 is 9.31 Å². The lowest BCUT2D eigenvalue weighted by molar-refractivity contribution is 0.00578. The first-order valence-electron chi connectivity index (χ1n) is 7.06. The van der Waals surface area contributed by atoms with Crippen molar-refractivity contribution in [2.24, 2.45) is 0 Å². The van der Waals surface area contributed by atoms with Crippen molar-refractivity contribution in [1.29, 1.82) is 0 Å². The van der Waals surface area contributed by atoms with E-state index < -0.39 is 0 Å². The maximum atomic E-state index is 6.00. The number of nitrogens with zero attached hydrogens (tertiary/aromatic N) is 1. The molecule has 0 spiro atoms. The summed E-state index contributed by atoms with van der Waals surface area (Å²) in [5, 5.41) is 6.32. The minimum atomic E-state index is -0.348. The Morgan fingerprint density at radius 3 is 2.25 bits per heavy atom. The molecule has 0 aliphatic carbocycles. The van der Waals surface area contributed by atoms with E-state index in [1.54, 1.807) is 0 Å². The molecular formula is C14H24BN3O2. The van der Waals surface area contributed by atoms with Crippen LogP contribution in [0.5, 0.6) is 0 Å². The molecule has 0 saturated carbocycles. The maximum absolute atomic E-state index is 6.00. The van der Waals surface area contributed by atoms with E-state index in [1.165, 1.54) is 0 Å². The standard InChI is InChI=1S/C14H24BN3O2/c1-13(2)14(3,4)20-15(19-13)11-6-7-12(18-10-11)17-9-8-16-5/h6-7,10,16H,8-9H2,1-5H3,(H,17,18). The van der Waals surface area contributed by atoms with Crippen LogP contribution in [-0.2, 0) is 9.31 Å². The van der Waals surface area contributed by atoms with Crippen molar-refractivity contribution in [3.8, 4) is 0 Å². The summed E-state index contributed by atoms with van der Waals surface area (Å²) in [5.74, 6) is 0.862. The van der Waals surface area contributed by atoms with Gasteiger partial charge < -0.3 is 19.9 Å². The highest BCUT2D eigenvalue weighted by molar-refractivity contribution is 6.62. The van der Waals surface area contributed by atoms with Gasteiger partial charge in [0.25, 0.3) is 0 Å². The third-order valence-electron chi connectivity index (χ3n) is 3.99. The lowest BCUT2D eigenvalue weighted by Crippen LogP contribution is -2.41. The molecule has 2 rings (SSSR count). The topological polar surface area (TPSA) is 55.4 Å². The second-order valence-electron chi connectivity index (χ2n) is 6.10. The van der Waals surface area contributed by atoms with Gasteiger partial charge in [-0.05, 0) is 40.8 Å². The Hall–Kier alpha value is -1.11. The van der Waals surface area contributed by atoms with Crippen molar-refractivity contribution in [2.75, 3.05) is 25.5 Å². The number of nitrogens with one attached hydrogen (secondary N) is 2. The highest BCUT2D eigenvalue weighted by Gasteiger charge is 2.51. The monoisotopic (exact) mass is 277 g/mol. The first-order valence-corrected chi connectivity index (χ1v) is 7.06. The second-order valence-corrected chi connectivity index (χ2v) is 6.10. The fraction of sp³-hybridized carbons (Fsp3) is 0.643. The molecule has 2 heterocycles. The summed E-state index contributed by atoms with van der Waals surface area (Å²) in [6.45, 7) is 9.95. The SMILES string of the molecule is CNCCNc1ccc(B2OC(C)(C)C(C)(C)O2)cn1. The third kappa shape index (κ3) is 3.14. The van der Waals surface area contributed by atoms with Crippen LogP contribution in [0.25, 0.3) is 0 Å². The molecule has 1 aliphatic heterocycles. The molecule has 0 amide bonds. The molecule has 20 heavy (non-hydrogen) atoms. The summed E-state index contributed by atoms with van der Waals surface area (Å²) in [5.41, 5.74) is 0.311. The maximum Gasteiger partial charge on any atom is 0.496 e. The van der Waals surface area contributed by atoms with Gasteiger partial charge in [-0.25, -0.2) is 4.98 Å². The molecule has 1 saturated heterocycles. The van der Waals surface area contributed by atoms with Crippen molar-refractivity contribution in [3.05, 3.63) is 18.3 Å². The van der Waals surface area contributed by atoms with Gasteiger partial charge in [0, 0.05) is 24.7 Å². The van der Waals surface area contributed by atoms with Crippen molar-refractivity contribution in [2.45, 2.75) is 38.9 Å². The van der Waals surface area contributed by atoms with Gasteiger partial charge >= 0.3 is 7.12 Å². The predicted molar refractivity (Wildman–Crippen MR) is 82.4 cm³/mol. The number of rotatable bonds is 5. The van der Waals surface area contributed by atoms with Crippen LogP contribution >= 0.6 is 0 Å². The van der Waals surface area contributed by atoms with Crippen LogP contribution in [-0.4, -0.2) is 43.4 Å². The number of likely N-dealkylation sites (N-methyl/N-ethyl adjacent to an activating group) is 1. The van der Waals surface area contributed by atoms with Crippen molar-refractivity contribution in [1.82, 2.24) is 10.3 Å². The van der Waals surface area contributed by atoms with Gasteiger partial charge in [-0.2, -0.15) is 0 Å². The summed E-state index contributed by atoms with van der Waals surface area (Å²) >= 11 is 0. The van der Waals surface area contributed by atoms with Gasteiger partial charge in [0.05, 0.1) is 11.2 Å². The van der Waals surface area contributed by atoms with E-state index in [9.17, 15) is 0 Å². The molecule has 1 aromatic rings. The molecule has 5 nitrogen and oxygen atoms in total. The first kappa shape index (κ1) is 15.3. The lowest BCUT2D eigenvalue weighted by Gasteiger charge is -2.32. The van der Waals surface area contributed by atoms with Crippen LogP contribution in [0.3, 0.4) is 0 Å². The normalized spacial score (nSPS) is 20.1. The van der Waals surface area contributed by atoms with Gasteiger partial charge in [0.15, 0.2) is 0 Å². The molecule has 0 radical (unpaired) electrons. The van der Waals surface area contributed by atoms with Crippen LogP contribution in [0.2, 0.25) is 0 Å². The molecule has 2 N–H and O–H groups in total. The lowest BCUT2D eigenvalue weighted by atomic mass is 9.80. The Morgan fingerprint density at radius 1 is 1.10 bits per heavy atom. The van der Waals surface area contributed by atoms with E-state index in [-0.39, 0.29) is 18.3 Å².